The number of nitrogens with zero attached hydrogens (tertiary/aromatic N) is 5. The summed E-state index contributed by atoms with van der Waals surface area (Å²) in [6, 6.07) is 4.43. The van der Waals surface area contributed by atoms with Crippen LogP contribution in [0.2, 0.25) is 0 Å². The standard InChI is InChI=1S/C24H27N6.CH4O.W/c1-5-20-16(3)11-26-14-21(20)22-9-23(28-19-8-15(2)10-25-13-19)30-24(29-22)18-7-6-17(4)27-12-18;1-2;/h5,8-11,13-14,17-18H,1,6-7,12H2,2-4H3,(H,28,29,30);2H,1H3;/q-1;;. The van der Waals surface area contributed by atoms with E-state index in [2.05, 4.69) is 34.9 Å². The van der Waals surface area contributed by atoms with Gasteiger partial charge in [-0.2, -0.15) is 0 Å². The number of aryl methyl sites for hydroxylation is 2. The minimum absolute atomic E-state index is 0. The molecule has 4 heterocycles. The van der Waals surface area contributed by atoms with Crippen molar-refractivity contribution in [2.45, 2.75) is 45.6 Å². The molecule has 0 aromatic carbocycles. The van der Waals surface area contributed by atoms with Crippen LogP contribution in [0.25, 0.3) is 22.7 Å². The predicted octanol–water partition coefficient (Wildman–Crippen LogP) is 5.18. The summed E-state index contributed by atoms with van der Waals surface area (Å²) in [5, 5.41) is 15.1. The Balaban J connectivity index is 0.00000125. The molecule has 3 aromatic rings. The molecular formula is C25H31N6OW-. The van der Waals surface area contributed by atoms with E-state index >= 15 is 0 Å². The number of hydrogen-bond donors (Lipinski definition) is 2. The smallest absolute Gasteiger partial charge is 0.134 e. The number of pyridine rings is 2. The minimum atomic E-state index is 0. The number of nitrogens with one attached hydrogen (secondary N) is 1. The average Bonchev–Trinajstić information content (AvgIpc) is 2.80. The van der Waals surface area contributed by atoms with Crippen LogP contribution in [0.1, 0.15) is 48.2 Å². The van der Waals surface area contributed by atoms with Gasteiger partial charge < -0.3 is 15.7 Å². The molecule has 33 heavy (non-hydrogen) atoms. The molecule has 0 bridgehead atoms. The molecule has 1 fully saturated rings. The molecule has 2 unspecified atom stereocenters. The van der Waals surface area contributed by atoms with E-state index in [1.54, 1.807) is 6.20 Å². The van der Waals surface area contributed by atoms with Crippen LogP contribution in [0.3, 0.4) is 0 Å². The summed E-state index contributed by atoms with van der Waals surface area (Å²) in [4.78, 5) is 18.5. The quantitative estimate of drug-likeness (QED) is 0.411. The van der Waals surface area contributed by atoms with Crippen molar-refractivity contribution >= 4 is 17.6 Å². The zero-order valence-electron chi connectivity index (χ0n) is 19.6. The van der Waals surface area contributed by atoms with Gasteiger partial charge in [-0.15, -0.1) is 12.6 Å². The zero-order valence-corrected chi connectivity index (χ0v) is 22.5. The zero-order chi connectivity index (χ0) is 23.1. The van der Waals surface area contributed by atoms with Gasteiger partial charge in [-0.3, -0.25) is 9.97 Å². The molecule has 2 atom stereocenters. The van der Waals surface area contributed by atoms with Crippen LogP contribution in [0.5, 0.6) is 0 Å². The second-order valence-corrected chi connectivity index (χ2v) is 7.98. The average molecular weight is 615 g/mol. The van der Waals surface area contributed by atoms with Gasteiger partial charge >= 0.3 is 0 Å². The molecule has 2 N–H and O–H groups in total. The molecule has 1 aliphatic heterocycles. The number of aliphatic hydroxyl groups excluding tert-OH is 1. The summed E-state index contributed by atoms with van der Waals surface area (Å²) in [6.07, 6.45) is 11.3. The Kier molecular flexibility index (Phi) is 10.3. The fourth-order valence-electron chi connectivity index (χ4n) is 3.81. The van der Waals surface area contributed by atoms with Crippen molar-refractivity contribution in [1.82, 2.24) is 19.9 Å². The topological polar surface area (TPSA) is 97.9 Å². The first kappa shape index (κ1) is 26.8. The first-order valence-corrected chi connectivity index (χ1v) is 10.8. The van der Waals surface area contributed by atoms with Gasteiger partial charge in [0.15, 0.2) is 0 Å². The van der Waals surface area contributed by atoms with Crippen molar-refractivity contribution < 1.29 is 26.2 Å². The fraction of sp³-hybridized carbons (Fsp3) is 0.360. The monoisotopic (exact) mass is 615 g/mol. The third-order valence-corrected chi connectivity index (χ3v) is 5.49. The summed E-state index contributed by atoms with van der Waals surface area (Å²) in [5.74, 6) is 1.79. The second kappa shape index (κ2) is 12.7. The molecule has 0 radical (unpaired) electrons. The Morgan fingerprint density at radius 1 is 1.06 bits per heavy atom. The van der Waals surface area contributed by atoms with Crippen LogP contribution in [0.4, 0.5) is 11.5 Å². The van der Waals surface area contributed by atoms with Crippen LogP contribution >= 0.6 is 0 Å². The molecule has 1 saturated heterocycles. The minimum Gasteiger partial charge on any atom is -0.659 e. The molecule has 0 aliphatic carbocycles. The van der Waals surface area contributed by atoms with E-state index in [4.69, 9.17) is 20.4 Å². The van der Waals surface area contributed by atoms with E-state index in [9.17, 15) is 0 Å². The largest absolute Gasteiger partial charge is 0.659 e. The Hall–Kier alpha value is -2.47. The molecular weight excluding hydrogens is 584 g/mol. The normalized spacial score (nSPS) is 17.2. The van der Waals surface area contributed by atoms with Crippen LogP contribution in [0, 0.1) is 13.8 Å². The maximum absolute atomic E-state index is 7.00. The summed E-state index contributed by atoms with van der Waals surface area (Å²) >= 11 is 0. The van der Waals surface area contributed by atoms with Gasteiger partial charge in [0.1, 0.15) is 11.6 Å². The van der Waals surface area contributed by atoms with Gasteiger partial charge in [0.2, 0.25) is 0 Å². The Labute approximate surface area is 210 Å². The van der Waals surface area contributed by atoms with E-state index in [0.29, 0.717) is 6.04 Å². The van der Waals surface area contributed by atoms with Gasteiger partial charge in [-0.05, 0) is 43.0 Å². The van der Waals surface area contributed by atoms with Crippen LogP contribution in [0.15, 0.2) is 43.5 Å². The maximum atomic E-state index is 7.00. The number of aromatic nitrogens is 4. The Bertz CT molecular complexity index is 1070. The predicted molar refractivity (Wildman–Crippen MR) is 130 cm³/mol. The molecule has 1 aliphatic rings. The Morgan fingerprint density at radius 2 is 1.82 bits per heavy atom. The summed E-state index contributed by atoms with van der Waals surface area (Å²) in [5.41, 5.74) is 5.90. The van der Waals surface area contributed by atoms with E-state index in [1.807, 2.05) is 44.6 Å². The van der Waals surface area contributed by atoms with E-state index in [0.717, 1.165) is 71.8 Å². The molecule has 0 amide bonds. The number of piperidine rings is 1. The van der Waals surface area contributed by atoms with Crippen molar-refractivity contribution in [3.63, 3.8) is 0 Å². The van der Waals surface area contributed by atoms with Gasteiger partial charge in [0.05, 0.1) is 17.6 Å². The summed E-state index contributed by atoms with van der Waals surface area (Å²) in [7, 11) is 1.00. The molecule has 0 spiro atoms. The van der Waals surface area contributed by atoms with Crippen molar-refractivity contribution in [3.05, 3.63) is 71.3 Å². The number of anilines is 2. The summed E-state index contributed by atoms with van der Waals surface area (Å²) in [6.45, 7) is 11.0. The second-order valence-electron chi connectivity index (χ2n) is 7.98. The van der Waals surface area contributed by atoms with Crippen LogP contribution in [-0.2, 0) is 21.1 Å². The SMILES string of the molecule is C=Cc1c(C)cncc1-c1cc(Nc2cncc(C)c2)nc(C2CCC(C)[N-]C2)n1.CO.[W]. The third kappa shape index (κ3) is 6.76. The van der Waals surface area contributed by atoms with E-state index in [-0.39, 0.29) is 27.0 Å². The molecule has 8 heteroatoms. The molecule has 174 valence electrons. The van der Waals surface area contributed by atoms with E-state index < -0.39 is 0 Å². The van der Waals surface area contributed by atoms with Gasteiger partial charge in [0.25, 0.3) is 0 Å². The Morgan fingerprint density at radius 3 is 2.48 bits per heavy atom. The van der Waals surface area contributed by atoms with Gasteiger partial charge in [-0.1, -0.05) is 26.0 Å². The summed E-state index contributed by atoms with van der Waals surface area (Å²) < 4.78 is 0. The number of aliphatic hydroxyl groups is 1. The number of hydrogen-bond acceptors (Lipinski definition) is 6. The first-order valence-electron chi connectivity index (χ1n) is 10.8. The van der Waals surface area contributed by atoms with E-state index in [1.165, 1.54) is 0 Å². The maximum Gasteiger partial charge on any atom is 0.134 e. The van der Waals surface area contributed by atoms with Crippen LogP contribution < -0.4 is 5.32 Å². The van der Waals surface area contributed by atoms with Crippen molar-refractivity contribution in [3.8, 4) is 11.3 Å². The molecule has 7 nitrogen and oxygen atoms in total. The molecule has 0 saturated carbocycles. The third-order valence-electron chi connectivity index (χ3n) is 5.49. The van der Waals surface area contributed by atoms with Crippen molar-refractivity contribution in [1.29, 1.82) is 0 Å². The van der Waals surface area contributed by atoms with Crippen molar-refractivity contribution in [2.75, 3.05) is 19.0 Å². The molecule has 4 rings (SSSR count). The number of rotatable bonds is 5. The van der Waals surface area contributed by atoms with Gasteiger partial charge in [-0.25, -0.2) is 9.97 Å². The molecule has 3 aromatic heterocycles. The van der Waals surface area contributed by atoms with Gasteiger partial charge in [0, 0.05) is 64.3 Å². The first-order chi connectivity index (χ1) is 15.5. The van der Waals surface area contributed by atoms with Crippen LogP contribution in [-0.4, -0.2) is 44.7 Å². The van der Waals surface area contributed by atoms with Crippen molar-refractivity contribution in [2.24, 2.45) is 0 Å². The fourth-order valence-corrected chi connectivity index (χ4v) is 3.81.